The Morgan fingerprint density at radius 2 is 1.93 bits per heavy atom. The van der Waals surface area contributed by atoms with Crippen molar-refractivity contribution in [3.63, 3.8) is 0 Å². The number of hydrogen-bond donors (Lipinski definition) is 1. The van der Waals surface area contributed by atoms with Gasteiger partial charge in [-0.2, -0.15) is 0 Å². The summed E-state index contributed by atoms with van der Waals surface area (Å²) in [6, 6.07) is 5.65. The van der Waals surface area contributed by atoms with Crippen LogP contribution in [0.2, 0.25) is 0 Å². The van der Waals surface area contributed by atoms with Gasteiger partial charge in [0.05, 0.1) is 17.7 Å². The number of aromatic nitrogens is 2. The van der Waals surface area contributed by atoms with Crippen molar-refractivity contribution in [3.8, 4) is 0 Å². The van der Waals surface area contributed by atoms with Gasteiger partial charge in [0.15, 0.2) is 0 Å². The number of carbonyl (C=O) groups excluding carboxylic acids is 2. The average Bonchev–Trinajstić information content (AvgIpc) is 3.04. The van der Waals surface area contributed by atoms with E-state index in [1.165, 1.54) is 40.0 Å². The van der Waals surface area contributed by atoms with Gasteiger partial charge in [0.2, 0.25) is 5.91 Å². The van der Waals surface area contributed by atoms with E-state index in [0.717, 1.165) is 36.1 Å². The van der Waals surface area contributed by atoms with Crippen molar-refractivity contribution in [2.45, 2.75) is 32.2 Å². The highest BCUT2D eigenvalue weighted by molar-refractivity contribution is 7.18. The number of carboxylic acid groups (broad SMARTS) is 1. The molecular weight excluding hydrogens is 366 g/mol. The quantitative estimate of drug-likeness (QED) is 0.733. The van der Waals surface area contributed by atoms with E-state index >= 15 is 0 Å². The molecule has 0 bridgehead atoms. The van der Waals surface area contributed by atoms with Gasteiger partial charge in [0.1, 0.15) is 11.4 Å². The molecule has 8 heteroatoms. The highest BCUT2D eigenvalue weighted by Gasteiger charge is 2.20. The maximum Gasteiger partial charge on any atom is 0.262 e. The first kappa shape index (κ1) is 17.4. The number of carbonyl (C=O) groups is 2. The predicted octanol–water partition coefficient (Wildman–Crippen LogP) is 1.34. The molecule has 138 valence electrons. The average molecular weight is 382 g/mol. The number of carboxylic acids is 1. The van der Waals surface area contributed by atoms with Crippen LogP contribution in [0.5, 0.6) is 0 Å². The Hall–Kier alpha value is -3.00. The third-order valence-electron chi connectivity index (χ3n) is 4.66. The fourth-order valence-corrected chi connectivity index (χ4v) is 4.56. The van der Waals surface area contributed by atoms with Gasteiger partial charge in [-0.25, -0.2) is 4.98 Å². The van der Waals surface area contributed by atoms with Crippen LogP contribution < -0.4 is 16.0 Å². The monoisotopic (exact) mass is 382 g/mol. The second kappa shape index (κ2) is 6.96. The summed E-state index contributed by atoms with van der Waals surface area (Å²) in [7, 11) is 0. The molecule has 0 fully saturated rings. The number of benzene rings is 1. The summed E-state index contributed by atoms with van der Waals surface area (Å²) in [6.07, 6.45) is 5.47. The lowest BCUT2D eigenvalue weighted by atomic mass is 9.97. The van der Waals surface area contributed by atoms with Gasteiger partial charge < -0.3 is 15.2 Å². The fourth-order valence-electron chi connectivity index (χ4n) is 3.34. The molecule has 3 aromatic rings. The number of anilines is 1. The molecular formula is C19H16N3O4S-. The summed E-state index contributed by atoms with van der Waals surface area (Å²) in [5.74, 6) is -1.67. The Kier molecular flexibility index (Phi) is 4.49. The molecule has 0 aliphatic heterocycles. The third kappa shape index (κ3) is 3.35. The van der Waals surface area contributed by atoms with E-state index in [4.69, 9.17) is 0 Å². The minimum Gasteiger partial charge on any atom is -0.545 e. The minimum absolute atomic E-state index is 0.0288. The molecule has 7 nitrogen and oxygen atoms in total. The number of hydrogen-bond acceptors (Lipinski definition) is 6. The molecule has 4 rings (SSSR count). The first-order chi connectivity index (χ1) is 13.0. The zero-order valence-corrected chi connectivity index (χ0v) is 15.2. The molecule has 2 aromatic heterocycles. The molecule has 27 heavy (non-hydrogen) atoms. The molecule has 1 aliphatic carbocycles. The zero-order chi connectivity index (χ0) is 19.0. The number of fused-ring (bicyclic) bond motifs is 3. The SMILES string of the molecule is O=C(Cn1cnc2sc3c(c2c1=O)CCCC3)Nc1ccc(C(=O)[O-])cc1. The molecule has 0 saturated carbocycles. The standard InChI is InChI=1S/C19H17N3O4S/c23-15(21-12-7-5-11(6-8-12)19(25)26)9-22-10-20-17-16(18(22)24)13-3-1-2-4-14(13)27-17/h5-8,10H,1-4,9H2,(H,21,23)(H,25,26)/p-1. The van der Waals surface area contributed by atoms with Crippen LogP contribution in [0.3, 0.4) is 0 Å². The lowest BCUT2D eigenvalue weighted by Crippen LogP contribution is -2.28. The van der Waals surface area contributed by atoms with Crippen LogP contribution >= 0.6 is 11.3 Å². The number of nitrogens with one attached hydrogen (secondary N) is 1. The van der Waals surface area contributed by atoms with E-state index in [0.29, 0.717) is 11.1 Å². The number of thiophene rings is 1. The van der Waals surface area contributed by atoms with Crippen molar-refractivity contribution in [2.24, 2.45) is 0 Å². The highest BCUT2D eigenvalue weighted by atomic mass is 32.1. The summed E-state index contributed by atoms with van der Waals surface area (Å²) in [6.45, 7) is -0.158. The summed E-state index contributed by atoms with van der Waals surface area (Å²) in [4.78, 5) is 42.2. The summed E-state index contributed by atoms with van der Waals surface area (Å²) in [5, 5.41) is 14.1. The van der Waals surface area contributed by atoms with Crippen LogP contribution in [0.15, 0.2) is 35.4 Å². The number of rotatable bonds is 4. The topological polar surface area (TPSA) is 104 Å². The summed E-state index contributed by atoms with van der Waals surface area (Å²) in [5.41, 5.74) is 1.37. The van der Waals surface area contributed by atoms with Gasteiger partial charge in [0.25, 0.3) is 5.56 Å². The number of amides is 1. The molecule has 0 saturated heterocycles. The predicted molar refractivity (Wildman–Crippen MR) is 99.9 cm³/mol. The van der Waals surface area contributed by atoms with E-state index in [-0.39, 0.29) is 23.6 Å². The Morgan fingerprint density at radius 1 is 1.19 bits per heavy atom. The summed E-state index contributed by atoms with van der Waals surface area (Å²) >= 11 is 1.57. The summed E-state index contributed by atoms with van der Waals surface area (Å²) < 4.78 is 1.31. The highest BCUT2D eigenvalue weighted by Crippen LogP contribution is 2.33. The molecule has 1 aliphatic rings. The van der Waals surface area contributed by atoms with Crippen LogP contribution in [0.1, 0.15) is 33.6 Å². The van der Waals surface area contributed by atoms with Crippen LogP contribution in [0, 0.1) is 0 Å². The van der Waals surface area contributed by atoms with Crippen molar-refractivity contribution in [2.75, 3.05) is 5.32 Å². The van der Waals surface area contributed by atoms with Crippen molar-refractivity contribution in [3.05, 3.63) is 57.0 Å². The second-order valence-electron chi connectivity index (χ2n) is 6.48. The zero-order valence-electron chi connectivity index (χ0n) is 14.4. The molecule has 1 amide bonds. The fraction of sp³-hybridized carbons (Fsp3) is 0.263. The molecule has 0 radical (unpaired) electrons. The van der Waals surface area contributed by atoms with Gasteiger partial charge in [-0.05, 0) is 48.9 Å². The molecule has 0 unspecified atom stereocenters. The smallest absolute Gasteiger partial charge is 0.262 e. The van der Waals surface area contributed by atoms with Gasteiger partial charge in [-0.3, -0.25) is 14.2 Å². The third-order valence-corrected chi connectivity index (χ3v) is 5.86. The normalized spacial score (nSPS) is 13.3. The minimum atomic E-state index is -1.28. The van der Waals surface area contributed by atoms with Gasteiger partial charge in [-0.15, -0.1) is 11.3 Å². The number of nitrogens with zero attached hydrogens (tertiary/aromatic N) is 2. The maximum absolute atomic E-state index is 12.8. The Morgan fingerprint density at radius 3 is 2.67 bits per heavy atom. The van der Waals surface area contributed by atoms with E-state index in [1.807, 2.05) is 0 Å². The van der Waals surface area contributed by atoms with Crippen molar-refractivity contribution in [1.29, 1.82) is 0 Å². The van der Waals surface area contributed by atoms with Gasteiger partial charge >= 0.3 is 0 Å². The molecule has 1 N–H and O–H groups in total. The second-order valence-corrected chi connectivity index (χ2v) is 7.57. The molecule has 0 spiro atoms. The number of aryl methyl sites for hydroxylation is 2. The Bertz CT molecular complexity index is 1100. The van der Waals surface area contributed by atoms with Gasteiger partial charge in [-0.1, -0.05) is 12.1 Å². The number of aromatic carboxylic acids is 1. The maximum atomic E-state index is 12.8. The van der Waals surface area contributed by atoms with E-state index < -0.39 is 5.97 Å². The largest absolute Gasteiger partial charge is 0.545 e. The first-order valence-electron chi connectivity index (χ1n) is 8.64. The van der Waals surface area contributed by atoms with Gasteiger partial charge in [0, 0.05) is 10.6 Å². The Balaban J connectivity index is 1.56. The van der Waals surface area contributed by atoms with Crippen LogP contribution in [-0.2, 0) is 24.2 Å². The van der Waals surface area contributed by atoms with Crippen molar-refractivity contribution in [1.82, 2.24) is 9.55 Å². The molecule has 2 heterocycles. The van der Waals surface area contributed by atoms with Crippen LogP contribution in [0.4, 0.5) is 5.69 Å². The van der Waals surface area contributed by atoms with Crippen molar-refractivity contribution < 1.29 is 14.7 Å². The van der Waals surface area contributed by atoms with E-state index in [2.05, 4.69) is 10.3 Å². The van der Waals surface area contributed by atoms with Crippen LogP contribution in [-0.4, -0.2) is 21.4 Å². The first-order valence-corrected chi connectivity index (χ1v) is 9.45. The van der Waals surface area contributed by atoms with E-state index in [1.54, 1.807) is 11.3 Å². The Labute approximate surface area is 158 Å². The van der Waals surface area contributed by atoms with Crippen LogP contribution in [0.25, 0.3) is 10.2 Å². The lowest BCUT2D eigenvalue weighted by molar-refractivity contribution is -0.255. The molecule has 0 atom stereocenters. The van der Waals surface area contributed by atoms with Crippen molar-refractivity contribution >= 4 is 39.1 Å². The lowest BCUT2D eigenvalue weighted by Gasteiger charge is -2.11. The molecule has 1 aromatic carbocycles. The van der Waals surface area contributed by atoms with E-state index in [9.17, 15) is 19.5 Å².